The molecule has 0 unspecified atom stereocenters. The maximum Gasteiger partial charge on any atom is 0.220 e. The van der Waals surface area contributed by atoms with Crippen molar-refractivity contribution in [2.24, 2.45) is 0 Å². The Morgan fingerprint density at radius 3 is 2.17 bits per heavy atom. The second kappa shape index (κ2) is 11.3. The number of nitrogens with one attached hydrogen (secondary N) is 1. The number of piperazine rings is 1. The van der Waals surface area contributed by atoms with E-state index in [0.717, 1.165) is 52.2 Å². The molecule has 29 heavy (non-hydrogen) atoms. The van der Waals surface area contributed by atoms with Crippen LogP contribution in [-0.4, -0.2) is 78.9 Å². The van der Waals surface area contributed by atoms with E-state index in [1.807, 2.05) is 4.90 Å². The van der Waals surface area contributed by atoms with Crippen LogP contribution in [0.25, 0.3) is 0 Å². The second-order valence-electron chi connectivity index (χ2n) is 8.35. The van der Waals surface area contributed by atoms with Gasteiger partial charge in [0.05, 0.1) is 0 Å². The summed E-state index contributed by atoms with van der Waals surface area (Å²) >= 11 is 0. The van der Waals surface area contributed by atoms with Gasteiger partial charge < -0.3 is 15.1 Å². The Balaban J connectivity index is 1.31. The Labute approximate surface area is 175 Å². The molecule has 6 nitrogen and oxygen atoms in total. The van der Waals surface area contributed by atoms with Gasteiger partial charge in [0.25, 0.3) is 0 Å². The summed E-state index contributed by atoms with van der Waals surface area (Å²) in [7, 11) is 0. The largest absolute Gasteiger partial charge is 0.355 e. The van der Waals surface area contributed by atoms with Crippen molar-refractivity contribution in [3.63, 3.8) is 0 Å². The van der Waals surface area contributed by atoms with Crippen molar-refractivity contribution in [3.8, 4) is 0 Å². The average molecular weight is 401 g/mol. The van der Waals surface area contributed by atoms with Crippen LogP contribution in [0.1, 0.15) is 43.7 Å². The van der Waals surface area contributed by atoms with Gasteiger partial charge in [-0.05, 0) is 43.5 Å². The molecule has 2 aliphatic heterocycles. The summed E-state index contributed by atoms with van der Waals surface area (Å²) in [6, 6.07) is 8.62. The predicted molar refractivity (Wildman–Crippen MR) is 116 cm³/mol. The van der Waals surface area contributed by atoms with E-state index in [4.69, 9.17) is 0 Å². The lowest BCUT2D eigenvalue weighted by Gasteiger charge is -2.34. The minimum absolute atomic E-state index is 0.148. The average Bonchev–Trinajstić information content (AvgIpc) is 2.74. The molecule has 0 saturated carbocycles. The van der Waals surface area contributed by atoms with E-state index in [0.29, 0.717) is 6.42 Å². The zero-order chi connectivity index (χ0) is 20.5. The molecule has 0 spiro atoms. The monoisotopic (exact) mass is 400 g/mol. The number of aryl methyl sites for hydroxylation is 1. The fraction of sp³-hybridized carbons (Fsp3) is 0.652. The number of carbonyl (C=O) groups excluding carboxylic acids is 2. The molecule has 0 aromatic heterocycles. The number of piperidine rings is 1. The SMILES string of the molecule is CC(=O)N1CCN(Cc2ccc(CCC(=O)NCCN3CCCCC3)cc2)CC1. The van der Waals surface area contributed by atoms with Gasteiger partial charge >= 0.3 is 0 Å². The summed E-state index contributed by atoms with van der Waals surface area (Å²) in [5, 5.41) is 3.06. The molecule has 2 amide bonds. The molecule has 1 aromatic rings. The number of rotatable bonds is 8. The highest BCUT2D eigenvalue weighted by Crippen LogP contribution is 2.12. The molecule has 0 bridgehead atoms. The topological polar surface area (TPSA) is 55.9 Å². The van der Waals surface area contributed by atoms with Gasteiger partial charge in [-0.2, -0.15) is 0 Å². The van der Waals surface area contributed by atoms with E-state index in [2.05, 4.69) is 39.4 Å². The highest BCUT2D eigenvalue weighted by atomic mass is 16.2. The first-order valence-electron chi connectivity index (χ1n) is 11.1. The van der Waals surface area contributed by atoms with Crippen LogP contribution in [0.15, 0.2) is 24.3 Å². The van der Waals surface area contributed by atoms with Gasteiger partial charge in [0.15, 0.2) is 0 Å². The lowest BCUT2D eigenvalue weighted by atomic mass is 10.1. The summed E-state index contributed by atoms with van der Waals surface area (Å²) in [5.41, 5.74) is 2.50. The van der Waals surface area contributed by atoms with Gasteiger partial charge in [-0.1, -0.05) is 30.7 Å². The van der Waals surface area contributed by atoms with E-state index in [-0.39, 0.29) is 11.8 Å². The third kappa shape index (κ3) is 7.44. The first-order chi connectivity index (χ1) is 14.1. The van der Waals surface area contributed by atoms with Crippen LogP contribution < -0.4 is 5.32 Å². The fourth-order valence-corrected chi connectivity index (χ4v) is 4.17. The molecule has 160 valence electrons. The third-order valence-corrected chi connectivity index (χ3v) is 6.09. The minimum Gasteiger partial charge on any atom is -0.355 e. The van der Waals surface area contributed by atoms with Crippen LogP contribution >= 0.6 is 0 Å². The Hall–Kier alpha value is -1.92. The summed E-state index contributed by atoms with van der Waals surface area (Å²) in [5.74, 6) is 0.318. The van der Waals surface area contributed by atoms with Crippen molar-refractivity contribution in [2.75, 3.05) is 52.4 Å². The number of carbonyl (C=O) groups is 2. The Bertz CT molecular complexity index is 647. The zero-order valence-electron chi connectivity index (χ0n) is 17.9. The van der Waals surface area contributed by atoms with Crippen molar-refractivity contribution in [1.29, 1.82) is 0 Å². The third-order valence-electron chi connectivity index (χ3n) is 6.09. The fourth-order valence-electron chi connectivity index (χ4n) is 4.17. The summed E-state index contributed by atoms with van der Waals surface area (Å²) in [6.45, 7) is 10.1. The van der Waals surface area contributed by atoms with E-state index in [1.165, 1.54) is 43.5 Å². The molecule has 2 fully saturated rings. The highest BCUT2D eigenvalue weighted by molar-refractivity contribution is 5.76. The lowest BCUT2D eigenvalue weighted by Crippen LogP contribution is -2.47. The van der Waals surface area contributed by atoms with Crippen LogP contribution in [0.2, 0.25) is 0 Å². The van der Waals surface area contributed by atoms with E-state index < -0.39 is 0 Å². The molecule has 1 N–H and O–H groups in total. The summed E-state index contributed by atoms with van der Waals surface area (Å²) in [4.78, 5) is 30.3. The molecule has 0 atom stereocenters. The van der Waals surface area contributed by atoms with Gasteiger partial charge in [-0.15, -0.1) is 0 Å². The number of benzene rings is 1. The van der Waals surface area contributed by atoms with Gasteiger partial charge in [0.1, 0.15) is 0 Å². The number of hydrogen-bond acceptors (Lipinski definition) is 4. The van der Waals surface area contributed by atoms with Crippen LogP contribution in [0.5, 0.6) is 0 Å². The minimum atomic E-state index is 0.148. The Morgan fingerprint density at radius 1 is 0.862 bits per heavy atom. The molecule has 1 aromatic carbocycles. The Kier molecular flexibility index (Phi) is 8.50. The summed E-state index contributed by atoms with van der Waals surface area (Å²) in [6.07, 6.45) is 5.26. The Morgan fingerprint density at radius 2 is 1.52 bits per heavy atom. The number of hydrogen-bond donors (Lipinski definition) is 1. The van der Waals surface area contributed by atoms with E-state index in [1.54, 1.807) is 6.92 Å². The van der Waals surface area contributed by atoms with Crippen LogP contribution in [0, 0.1) is 0 Å². The van der Waals surface area contributed by atoms with Crippen molar-refractivity contribution in [1.82, 2.24) is 20.0 Å². The van der Waals surface area contributed by atoms with Crippen molar-refractivity contribution in [3.05, 3.63) is 35.4 Å². The molecule has 2 saturated heterocycles. The van der Waals surface area contributed by atoms with Gasteiger partial charge in [-0.25, -0.2) is 0 Å². The predicted octanol–water partition coefficient (Wildman–Crippen LogP) is 1.89. The van der Waals surface area contributed by atoms with E-state index >= 15 is 0 Å². The molecular formula is C23H36N4O2. The maximum atomic E-state index is 12.1. The molecule has 0 radical (unpaired) electrons. The van der Waals surface area contributed by atoms with Gasteiger partial charge in [0.2, 0.25) is 11.8 Å². The van der Waals surface area contributed by atoms with Crippen molar-refractivity contribution >= 4 is 11.8 Å². The number of nitrogens with zero attached hydrogens (tertiary/aromatic N) is 3. The first-order valence-corrected chi connectivity index (χ1v) is 11.1. The quantitative estimate of drug-likeness (QED) is 0.724. The van der Waals surface area contributed by atoms with E-state index in [9.17, 15) is 9.59 Å². The smallest absolute Gasteiger partial charge is 0.220 e. The van der Waals surface area contributed by atoms with Gasteiger partial charge in [0, 0.05) is 59.2 Å². The first kappa shape index (κ1) is 21.8. The van der Waals surface area contributed by atoms with Crippen LogP contribution in [0.4, 0.5) is 0 Å². The molecule has 0 aliphatic carbocycles. The molecule has 3 rings (SSSR count). The van der Waals surface area contributed by atoms with Crippen molar-refractivity contribution in [2.45, 2.75) is 45.6 Å². The highest BCUT2D eigenvalue weighted by Gasteiger charge is 2.18. The molecular weight excluding hydrogens is 364 g/mol. The maximum absolute atomic E-state index is 12.1. The van der Waals surface area contributed by atoms with Crippen molar-refractivity contribution < 1.29 is 9.59 Å². The lowest BCUT2D eigenvalue weighted by molar-refractivity contribution is -0.130. The number of amides is 2. The van der Waals surface area contributed by atoms with Gasteiger partial charge in [-0.3, -0.25) is 14.5 Å². The van der Waals surface area contributed by atoms with Crippen LogP contribution in [0.3, 0.4) is 0 Å². The normalized spacial score (nSPS) is 18.6. The molecule has 6 heteroatoms. The number of likely N-dealkylation sites (tertiary alicyclic amines) is 1. The second-order valence-corrected chi connectivity index (χ2v) is 8.35. The summed E-state index contributed by atoms with van der Waals surface area (Å²) < 4.78 is 0. The molecule has 2 heterocycles. The van der Waals surface area contributed by atoms with Crippen LogP contribution in [-0.2, 0) is 22.6 Å². The zero-order valence-corrected chi connectivity index (χ0v) is 17.9. The molecule has 2 aliphatic rings. The standard InChI is InChI=1S/C23H36N4O2/c1-20(28)27-17-15-26(16-18-27)19-22-7-5-21(6-8-22)9-10-23(29)24-11-14-25-12-3-2-4-13-25/h5-8H,2-4,9-19H2,1H3,(H,24,29).